The molecule has 0 aliphatic rings. The van der Waals surface area contributed by atoms with E-state index in [4.69, 9.17) is 0 Å². The monoisotopic (exact) mass is 284 g/mol. The molecule has 4 nitrogen and oxygen atoms in total. The van der Waals surface area contributed by atoms with Crippen LogP contribution in [0, 0.1) is 0 Å². The number of hydrogen-bond donors (Lipinski definition) is 3. The Morgan fingerprint density at radius 1 is 1.19 bits per heavy atom. The summed E-state index contributed by atoms with van der Waals surface area (Å²) in [5.41, 5.74) is 2.64. The summed E-state index contributed by atoms with van der Waals surface area (Å²) in [7, 11) is 1.88. The normalized spacial score (nSPS) is 11.9. The second kappa shape index (κ2) is 6.90. The molecule has 0 bridgehead atoms. The van der Waals surface area contributed by atoms with Gasteiger partial charge in [0.15, 0.2) is 0 Å². The number of aromatic hydroxyl groups is 1. The van der Waals surface area contributed by atoms with Crippen molar-refractivity contribution in [1.29, 1.82) is 0 Å². The first kappa shape index (κ1) is 15.1. The molecule has 21 heavy (non-hydrogen) atoms. The Morgan fingerprint density at radius 3 is 2.67 bits per heavy atom. The number of phenols is 1. The van der Waals surface area contributed by atoms with Crippen LogP contribution in [0.4, 0.5) is 5.69 Å². The van der Waals surface area contributed by atoms with Gasteiger partial charge in [0, 0.05) is 11.7 Å². The highest BCUT2D eigenvalue weighted by Crippen LogP contribution is 2.22. The van der Waals surface area contributed by atoms with Gasteiger partial charge in [0.1, 0.15) is 5.75 Å². The third kappa shape index (κ3) is 4.07. The highest BCUT2D eigenvalue weighted by atomic mass is 16.3. The molecule has 0 saturated carbocycles. The van der Waals surface area contributed by atoms with E-state index >= 15 is 0 Å². The van der Waals surface area contributed by atoms with Gasteiger partial charge in [-0.05, 0) is 43.3 Å². The summed E-state index contributed by atoms with van der Waals surface area (Å²) < 4.78 is 0. The van der Waals surface area contributed by atoms with Gasteiger partial charge in [-0.3, -0.25) is 4.79 Å². The van der Waals surface area contributed by atoms with Crippen molar-refractivity contribution in [3.05, 3.63) is 59.7 Å². The minimum Gasteiger partial charge on any atom is -0.508 e. The standard InChI is InChI=1S/C17H20N2O2/c1-12(18-2)15-8-3-4-9-16(15)19-17(21)11-13-6-5-7-14(20)10-13/h3-10,12,18,20H,11H2,1-2H3,(H,19,21). The second-order valence-corrected chi connectivity index (χ2v) is 4.99. The van der Waals surface area contributed by atoms with Crippen LogP contribution in [0.3, 0.4) is 0 Å². The van der Waals surface area contributed by atoms with E-state index in [0.29, 0.717) is 0 Å². The first-order valence-corrected chi connectivity index (χ1v) is 6.94. The van der Waals surface area contributed by atoms with Crippen molar-refractivity contribution in [2.45, 2.75) is 19.4 Å². The zero-order valence-electron chi connectivity index (χ0n) is 12.3. The molecule has 110 valence electrons. The van der Waals surface area contributed by atoms with Gasteiger partial charge in [-0.1, -0.05) is 30.3 Å². The first-order chi connectivity index (χ1) is 10.1. The molecular formula is C17H20N2O2. The number of anilines is 1. The molecular weight excluding hydrogens is 264 g/mol. The van der Waals surface area contributed by atoms with Crippen LogP contribution < -0.4 is 10.6 Å². The van der Waals surface area contributed by atoms with Crippen molar-refractivity contribution in [3.8, 4) is 5.75 Å². The Hall–Kier alpha value is -2.33. The average Bonchev–Trinajstić information content (AvgIpc) is 2.47. The number of benzene rings is 2. The summed E-state index contributed by atoms with van der Waals surface area (Å²) in [6.45, 7) is 2.04. The van der Waals surface area contributed by atoms with Crippen LogP contribution in [0.5, 0.6) is 5.75 Å². The Labute approximate surface area is 124 Å². The fraction of sp³-hybridized carbons (Fsp3) is 0.235. The van der Waals surface area contributed by atoms with Crippen molar-refractivity contribution >= 4 is 11.6 Å². The predicted octanol–water partition coefficient (Wildman–Crippen LogP) is 2.85. The molecule has 0 spiro atoms. The maximum Gasteiger partial charge on any atom is 0.228 e. The molecule has 1 atom stereocenters. The van der Waals surface area contributed by atoms with Crippen LogP contribution in [-0.2, 0) is 11.2 Å². The van der Waals surface area contributed by atoms with Crippen molar-refractivity contribution in [1.82, 2.24) is 5.32 Å². The molecule has 4 heteroatoms. The van der Waals surface area contributed by atoms with Gasteiger partial charge < -0.3 is 15.7 Å². The van der Waals surface area contributed by atoms with Crippen LogP contribution in [0.15, 0.2) is 48.5 Å². The number of rotatable bonds is 5. The van der Waals surface area contributed by atoms with Crippen molar-refractivity contribution in [2.24, 2.45) is 0 Å². The number of carbonyl (C=O) groups is 1. The van der Waals surface area contributed by atoms with Gasteiger partial charge in [0.05, 0.1) is 6.42 Å². The second-order valence-electron chi connectivity index (χ2n) is 4.99. The highest BCUT2D eigenvalue weighted by Gasteiger charge is 2.11. The number of carbonyl (C=O) groups excluding carboxylic acids is 1. The largest absolute Gasteiger partial charge is 0.508 e. The number of phenolic OH excluding ortho intramolecular Hbond substituents is 1. The molecule has 1 amide bonds. The zero-order chi connectivity index (χ0) is 15.2. The third-order valence-electron chi connectivity index (χ3n) is 3.41. The van der Waals surface area contributed by atoms with E-state index in [1.807, 2.05) is 44.3 Å². The summed E-state index contributed by atoms with van der Waals surface area (Å²) in [6.07, 6.45) is 0.233. The molecule has 1 unspecified atom stereocenters. The molecule has 2 aromatic rings. The number of nitrogens with one attached hydrogen (secondary N) is 2. The fourth-order valence-electron chi connectivity index (χ4n) is 2.19. The van der Waals surface area contributed by atoms with E-state index < -0.39 is 0 Å². The quantitative estimate of drug-likeness (QED) is 0.791. The van der Waals surface area contributed by atoms with Gasteiger partial charge in [0.25, 0.3) is 0 Å². The molecule has 0 saturated heterocycles. The summed E-state index contributed by atoms with van der Waals surface area (Å²) >= 11 is 0. The minimum absolute atomic E-state index is 0.101. The first-order valence-electron chi connectivity index (χ1n) is 6.94. The lowest BCUT2D eigenvalue weighted by molar-refractivity contribution is -0.115. The molecule has 0 aromatic heterocycles. The number of hydrogen-bond acceptors (Lipinski definition) is 3. The molecule has 0 fully saturated rings. The van der Waals surface area contributed by atoms with Crippen LogP contribution in [0.1, 0.15) is 24.1 Å². The Morgan fingerprint density at radius 2 is 1.95 bits per heavy atom. The van der Waals surface area contributed by atoms with E-state index in [0.717, 1.165) is 16.8 Å². The number of amides is 1. The Bertz CT molecular complexity index is 626. The van der Waals surface area contributed by atoms with Crippen molar-refractivity contribution < 1.29 is 9.90 Å². The molecule has 0 aliphatic heterocycles. The van der Waals surface area contributed by atoms with Crippen molar-refractivity contribution in [3.63, 3.8) is 0 Å². The summed E-state index contributed by atoms with van der Waals surface area (Å²) in [5.74, 6) is 0.0702. The zero-order valence-corrected chi connectivity index (χ0v) is 12.3. The molecule has 0 radical (unpaired) electrons. The van der Waals surface area contributed by atoms with E-state index in [1.165, 1.54) is 0 Å². The summed E-state index contributed by atoms with van der Waals surface area (Å²) in [5, 5.41) is 15.5. The van der Waals surface area contributed by atoms with Gasteiger partial charge in [-0.25, -0.2) is 0 Å². The number of para-hydroxylation sites is 1. The average molecular weight is 284 g/mol. The third-order valence-corrected chi connectivity index (χ3v) is 3.41. The summed E-state index contributed by atoms with van der Waals surface area (Å²) in [6, 6.07) is 14.6. The van der Waals surface area contributed by atoms with E-state index in [2.05, 4.69) is 10.6 Å². The van der Waals surface area contributed by atoms with Gasteiger partial charge in [-0.15, -0.1) is 0 Å². The topological polar surface area (TPSA) is 61.4 Å². The summed E-state index contributed by atoms with van der Waals surface area (Å²) in [4.78, 5) is 12.1. The molecule has 0 aliphatic carbocycles. The maximum atomic E-state index is 12.1. The molecule has 3 N–H and O–H groups in total. The SMILES string of the molecule is CNC(C)c1ccccc1NC(=O)Cc1cccc(O)c1. The van der Waals surface area contributed by atoms with Crippen LogP contribution >= 0.6 is 0 Å². The fourth-order valence-corrected chi connectivity index (χ4v) is 2.19. The van der Waals surface area contributed by atoms with E-state index in [-0.39, 0.29) is 24.1 Å². The minimum atomic E-state index is -0.101. The van der Waals surface area contributed by atoms with E-state index in [1.54, 1.807) is 18.2 Å². The predicted molar refractivity (Wildman–Crippen MR) is 84.4 cm³/mol. The van der Waals surface area contributed by atoms with Gasteiger partial charge in [0.2, 0.25) is 5.91 Å². The molecule has 0 heterocycles. The Balaban J connectivity index is 2.09. The van der Waals surface area contributed by atoms with E-state index in [9.17, 15) is 9.90 Å². The van der Waals surface area contributed by atoms with Gasteiger partial charge >= 0.3 is 0 Å². The van der Waals surface area contributed by atoms with Crippen molar-refractivity contribution in [2.75, 3.05) is 12.4 Å². The van der Waals surface area contributed by atoms with Crippen LogP contribution in [-0.4, -0.2) is 18.1 Å². The highest BCUT2D eigenvalue weighted by molar-refractivity contribution is 5.93. The lowest BCUT2D eigenvalue weighted by atomic mass is 10.1. The lowest BCUT2D eigenvalue weighted by Crippen LogP contribution is -2.19. The lowest BCUT2D eigenvalue weighted by Gasteiger charge is -2.16. The van der Waals surface area contributed by atoms with Crippen LogP contribution in [0.25, 0.3) is 0 Å². The molecule has 2 aromatic carbocycles. The Kier molecular flexibility index (Phi) is 4.95. The maximum absolute atomic E-state index is 12.1. The smallest absolute Gasteiger partial charge is 0.228 e. The van der Waals surface area contributed by atoms with Crippen LogP contribution in [0.2, 0.25) is 0 Å². The molecule has 2 rings (SSSR count). The van der Waals surface area contributed by atoms with Gasteiger partial charge in [-0.2, -0.15) is 0 Å².